The summed E-state index contributed by atoms with van der Waals surface area (Å²) < 4.78 is 17.0. The van der Waals surface area contributed by atoms with E-state index in [1.54, 1.807) is 0 Å². The van der Waals surface area contributed by atoms with E-state index in [0.717, 1.165) is 83.5 Å². The molecule has 0 saturated heterocycles. The van der Waals surface area contributed by atoms with E-state index in [1.165, 1.54) is 257 Å². The van der Waals surface area contributed by atoms with Crippen molar-refractivity contribution < 1.29 is 28.6 Å². The summed E-state index contributed by atoms with van der Waals surface area (Å²) in [4.78, 5) is 38.3. The highest BCUT2D eigenvalue weighted by molar-refractivity contribution is 5.71. The summed E-state index contributed by atoms with van der Waals surface area (Å²) in [6, 6.07) is 0. The number of ether oxygens (including phenoxy) is 3. The van der Waals surface area contributed by atoms with Crippen LogP contribution in [0.3, 0.4) is 0 Å². The number of carbonyl (C=O) groups is 3. The molecule has 0 radical (unpaired) electrons. The van der Waals surface area contributed by atoms with Crippen molar-refractivity contribution in [2.75, 3.05) is 13.2 Å². The molecule has 1 atom stereocenters. The highest BCUT2D eigenvalue weighted by Crippen LogP contribution is 2.19. The zero-order chi connectivity index (χ0) is 57.1. The van der Waals surface area contributed by atoms with Crippen LogP contribution in [-0.2, 0) is 28.6 Å². The number of esters is 3. The maximum atomic E-state index is 12.9. The molecule has 0 rings (SSSR count). The summed E-state index contributed by atoms with van der Waals surface area (Å²) in [6.07, 6.45) is 85.8. The lowest BCUT2D eigenvalue weighted by atomic mass is 10.0. The summed E-state index contributed by atoms with van der Waals surface area (Å²) >= 11 is 0. The summed E-state index contributed by atoms with van der Waals surface area (Å²) in [5, 5.41) is 0. The third-order valence-corrected chi connectivity index (χ3v) is 15.8. The number of carbonyl (C=O) groups excluding carboxylic acids is 3. The Labute approximate surface area is 492 Å². The molecule has 6 nitrogen and oxygen atoms in total. The highest BCUT2D eigenvalue weighted by Gasteiger charge is 2.19. The van der Waals surface area contributed by atoms with E-state index in [9.17, 15) is 14.4 Å². The first-order chi connectivity index (χ1) is 39.0. The first-order valence-electron chi connectivity index (χ1n) is 35.1. The largest absolute Gasteiger partial charge is 0.462 e. The van der Waals surface area contributed by atoms with Gasteiger partial charge >= 0.3 is 17.9 Å². The number of unbranched alkanes of at least 4 members (excludes halogenated alkanes) is 46. The van der Waals surface area contributed by atoms with Crippen LogP contribution in [0.25, 0.3) is 0 Å². The van der Waals surface area contributed by atoms with Crippen molar-refractivity contribution in [3.05, 3.63) is 48.6 Å². The molecular formula is C73H134O6. The fraction of sp³-hybridized carbons (Fsp3) is 0.849. The van der Waals surface area contributed by atoms with Gasteiger partial charge in [-0.05, 0) is 57.8 Å². The molecule has 0 aliphatic rings. The Morgan fingerprint density at radius 1 is 0.266 bits per heavy atom. The lowest BCUT2D eigenvalue weighted by Gasteiger charge is -2.18. The highest BCUT2D eigenvalue weighted by atomic mass is 16.6. The van der Waals surface area contributed by atoms with Crippen molar-refractivity contribution in [3.8, 4) is 0 Å². The van der Waals surface area contributed by atoms with Gasteiger partial charge in [-0.3, -0.25) is 14.4 Å². The SMILES string of the molecule is CC/C=C\C/C=C\C/C=C\C/C=C\CCCCCCCCCCCCCCCCCCCCCCC(=O)OCC(COC(=O)CCCCCCCCCCCCCC)OC(=O)CCCCCCCCCCCCCCCCCC. The molecule has 6 heteroatoms. The molecule has 0 aromatic rings. The quantitative estimate of drug-likeness (QED) is 0.0261. The van der Waals surface area contributed by atoms with Crippen LogP contribution >= 0.6 is 0 Å². The smallest absolute Gasteiger partial charge is 0.306 e. The molecule has 79 heavy (non-hydrogen) atoms. The molecule has 1 unspecified atom stereocenters. The number of hydrogen-bond donors (Lipinski definition) is 0. The van der Waals surface area contributed by atoms with Gasteiger partial charge in [-0.15, -0.1) is 0 Å². The zero-order valence-corrected chi connectivity index (χ0v) is 53.2. The van der Waals surface area contributed by atoms with E-state index < -0.39 is 6.10 Å². The molecule has 0 aliphatic heterocycles. The summed E-state index contributed by atoms with van der Waals surface area (Å²) in [6.45, 7) is 6.59. The zero-order valence-electron chi connectivity index (χ0n) is 53.2. The maximum Gasteiger partial charge on any atom is 0.306 e. The van der Waals surface area contributed by atoms with Crippen LogP contribution in [0.1, 0.15) is 380 Å². The van der Waals surface area contributed by atoms with Gasteiger partial charge in [0.15, 0.2) is 6.10 Å². The minimum atomic E-state index is -0.767. The maximum absolute atomic E-state index is 12.9. The Bertz CT molecular complexity index is 1360. The Hall–Kier alpha value is -2.63. The van der Waals surface area contributed by atoms with Crippen molar-refractivity contribution in [1.82, 2.24) is 0 Å². The van der Waals surface area contributed by atoms with Gasteiger partial charge in [0.1, 0.15) is 13.2 Å². The minimum Gasteiger partial charge on any atom is -0.462 e. The van der Waals surface area contributed by atoms with Crippen LogP contribution in [0.15, 0.2) is 48.6 Å². The van der Waals surface area contributed by atoms with Gasteiger partial charge in [0.25, 0.3) is 0 Å². The van der Waals surface area contributed by atoms with Gasteiger partial charge in [-0.2, -0.15) is 0 Å². The van der Waals surface area contributed by atoms with E-state index >= 15 is 0 Å². The topological polar surface area (TPSA) is 78.9 Å². The Morgan fingerprint density at radius 3 is 0.772 bits per heavy atom. The fourth-order valence-corrected chi connectivity index (χ4v) is 10.6. The van der Waals surface area contributed by atoms with Crippen molar-refractivity contribution in [3.63, 3.8) is 0 Å². The van der Waals surface area contributed by atoms with Crippen LogP contribution in [0.5, 0.6) is 0 Å². The van der Waals surface area contributed by atoms with Crippen LogP contribution in [-0.4, -0.2) is 37.2 Å². The predicted octanol–water partition coefficient (Wildman–Crippen LogP) is 24.1. The van der Waals surface area contributed by atoms with Gasteiger partial charge < -0.3 is 14.2 Å². The summed E-state index contributed by atoms with van der Waals surface area (Å²) in [7, 11) is 0. The van der Waals surface area contributed by atoms with Crippen molar-refractivity contribution in [1.29, 1.82) is 0 Å². The molecule has 0 saturated carbocycles. The first-order valence-corrected chi connectivity index (χ1v) is 35.1. The molecule has 0 spiro atoms. The van der Waals surface area contributed by atoms with E-state index in [2.05, 4.69) is 69.4 Å². The van der Waals surface area contributed by atoms with Gasteiger partial charge in [0, 0.05) is 19.3 Å². The molecule has 0 amide bonds. The molecular weight excluding hydrogens is 973 g/mol. The van der Waals surface area contributed by atoms with E-state index in [-0.39, 0.29) is 31.1 Å². The minimum absolute atomic E-state index is 0.0646. The summed E-state index contributed by atoms with van der Waals surface area (Å²) in [5.74, 6) is -0.835. The number of hydrogen-bond acceptors (Lipinski definition) is 6. The monoisotopic (exact) mass is 1110 g/mol. The second-order valence-electron chi connectivity index (χ2n) is 23.8. The Balaban J connectivity index is 4.08. The number of rotatable bonds is 65. The van der Waals surface area contributed by atoms with Crippen LogP contribution < -0.4 is 0 Å². The van der Waals surface area contributed by atoms with Gasteiger partial charge in [0.05, 0.1) is 0 Å². The molecule has 0 heterocycles. The molecule has 462 valence electrons. The Morgan fingerprint density at radius 2 is 0.494 bits per heavy atom. The lowest BCUT2D eigenvalue weighted by Crippen LogP contribution is -2.30. The predicted molar refractivity (Wildman–Crippen MR) is 344 cm³/mol. The van der Waals surface area contributed by atoms with Crippen molar-refractivity contribution in [2.24, 2.45) is 0 Å². The van der Waals surface area contributed by atoms with Gasteiger partial charge in [0.2, 0.25) is 0 Å². The van der Waals surface area contributed by atoms with Gasteiger partial charge in [-0.25, -0.2) is 0 Å². The average molecular weight is 1110 g/mol. The normalized spacial score (nSPS) is 12.3. The van der Waals surface area contributed by atoms with E-state index in [4.69, 9.17) is 14.2 Å². The van der Waals surface area contributed by atoms with E-state index in [1.807, 2.05) is 0 Å². The Kier molecular flexibility index (Phi) is 65.6. The van der Waals surface area contributed by atoms with Crippen molar-refractivity contribution in [2.45, 2.75) is 386 Å². The third-order valence-electron chi connectivity index (χ3n) is 15.8. The summed E-state index contributed by atoms with van der Waals surface area (Å²) in [5.41, 5.74) is 0. The molecule has 0 fully saturated rings. The molecule has 0 aliphatic carbocycles. The molecule has 0 bridgehead atoms. The molecule has 0 N–H and O–H groups in total. The van der Waals surface area contributed by atoms with Crippen molar-refractivity contribution >= 4 is 17.9 Å². The fourth-order valence-electron chi connectivity index (χ4n) is 10.6. The van der Waals surface area contributed by atoms with E-state index in [0.29, 0.717) is 19.3 Å². The molecule has 0 aromatic heterocycles. The van der Waals surface area contributed by atoms with Gasteiger partial charge in [-0.1, -0.05) is 352 Å². The second-order valence-corrected chi connectivity index (χ2v) is 23.8. The third kappa shape index (κ3) is 66.1. The second kappa shape index (κ2) is 67.9. The van der Waals surface area contributed by atoms with Crippen LogP contribution in [0.4, 0.5) is 0 Å². The van der Waals surface area contributed by atoms with Crippen LogP contribution in [0.2, 0.25) is 0 Å². The first kappa shape index (κ1) is 76.4. The van der Waals surface area contributed by atoms with Crippen LogP contribution in [0, 0.1) is 0 Å². The number of allylic oxidation sites excluding steroid dienone is 8. The standard InChI is InChI=1S/C73H134O6/c1-4-7-10-13-16-19-22-25-27-29-30-31-32-33-34-35-36-37-38-39-40-41-42-43-44-45-47-48-51-54-57-60-63-66-72(75)78-69-70(68-77-71(74)65-62-59-56-53-50-24-21-18-15-12-9-6-3)79-73(76)67-64-61-58-55-52-49-46-28-26-23-20-17-14-11-8-5-2/h7,10,16,19,25,27,30-31,70H,4-6,8-9,11-15,17-18,20-24,26,28-29,32-69H2,1-3H3/b10-7-,19-16-,27-25-,31-30-. The lowest BCUT2D eigenvalue weighted by molar-refractivity contribution is -0.167. The average Bonchev–Trinajstić information content (AvgIpc) is 3.45. The molecule has 0 aromatic carbocycles.